The van der Waals surface area contributed by atoms with Crippen molar-refractivity contribution in [1.82, 2.24) is 35.0 Å². The molecule has 2 aliphatic rings. The Bertz CT molecular complexity index is 1290. The van der Waals surface area contributed by atoms with Crippen LogP contribution < -0.4 is 0 Å². The molecule has 2 fully saturated rings. The lowest BCUT2D eigenvalue weighted by Crippen LogP contribution is -2.59. The fourth-order valence-electron chi connectivity index (χ4n) is 4.86. The number of pyridine rings is 1. The van der Waals surface area contributed by atoms with E-state index in [1.807, 2.05) is 24.0 Å². The number of ether oxygens (including phenoxy) is 1. The number of carbonyl (C=O) groups excluding carboxylic acids is 1. The van der Waals surface area contributed by atoms with Crippen LogP contribution in [0, 0.1) is 31.0 Å². The summed E-state index contributed by atoms with van der Waals surface area (Å²) in [5.41, 5.74) is 3.93. The third-order valence-corrected chi connectivity index (χ3v) is 6.83. The van der Waals surface area contributed by atoms with E-state index in [4.69, 9.17) is 4.74 Å². The molecule has 1 amide bonds. The van der Waals surface area contributed by atoms with Gasteiger partial charge in [-0.2, -0.15) is 9.94 Å². The number of amides is 1. The van der Waals surface area contributed by atoms with Crippen molar-refractivity contribution in [2.24, 2.45) is 0 Å². The molecule has 3 aromatic rings. The number of nitrogens with zero attached hydrogens (tertiary/aromatic N) is 8. The largest absolute Gasteiger partial charge is 0.370 e. The number of tetrazole rings is 1. The first kappa shape index (κ1) is 23.0. The van der Waals surface area contributed by atoms with Crippen LogP contribution in [0.5, 0.6) is 0 Å². The average Bonchev–Trinajstić information content (AvgIpc) is 3.38. The lowest BCUT2D eigenvalue weighted by atomic mass is 9.96. The van der Waals surface area contributed by atoms with Crippen LogP contribution in [0.4, 0.5) is 4.39 Å². The first-order chi connectivity index (χ1) is 16.9. The van der Waals surface area contributed by atoms with Gasteiger partial charge in [-0.15, -0.1) is 5.10 Å². The molecule has 2 aliphatic heterocycles. The smallest absolute Gasteiger partial charge is 0.228 e. The number of aromatic nitrogens is 5. The Hall–Kier alpha value is -3.75. The Kier molecular flexibility index (Phi) is 6.23. The molecule has 0 saturated carbocycles. The Morgan fingerprint density at radius 3 is 2.89 bits per heavy atom. The van der Waals surface area contributed by atoms with Crippen LogP contribution in [0.3, 0.4) is 0 Å². The summed E-state index contributed by atoms with van der Waals surface area (Å²) in [6.45, 7) is 6.73. The third-order valence-electron chi connectivity index (χ3n) is 6.83. The molecule has 0 spiro atoms. The van der Waals surface area contributed by atoms with Gasteiger partial charge in [0, 0.05) is 26.2 Å². The molecule has 0 N–H and O–H groups in total. The van der Waals surface area contributed by atoms with Gasteiger partial charge in [0.2, 0.25) is 5.91 Å². The molecule has 10 nitrogen and oxygen atoms in total. The maximum absolute atomic E-state index is 13.9. The predicted molar refractivity (Wildman–Crippen MR) is 122 cm³/mol. The van der Waals surface area contributed by atoms with Gasteiger partial charge in [-0.05, 0) is 53.1 Å². The number of hydrogen-bond donors (Lipinski definition) is 0. The minimum absolute atomic E-state index is 0.0295. The van der Waals surface area contributed by atoms with E-state index in [2.05, 4.69) is 25.4 Å². The molecule has 0 aliphatic carbocycles. The highest BCUT2D eigenvalue weighted by Gasteiger charge is 2.36. The molecule has 0 bridgehead atoms. The minimum Gasteiger partial charge on any atom is -0.370 e. The zero-order valence-electron chi connectivity index (χ0n) is 19.6. The van der Waals surface area contributed by atoms with Crippen LogP contribution in [-0.2, 0) is 16.0 Å². The summed E-state index contributed by atoms with van der Waals surface area (Å²) in [5, 5.41) is 20.4. The second kappa shape index (κ2) is 9.48. The molecule has 2 atom stereocenters. The molecule has 4 heterocycles. The monoisotopic (exact) mass is 476 g/mol. The van der Waals surface area contributed by atoms with Gasteiger partial charge >= 0.3 is 0 Å². The van der Waals surface area contributed by atoms with Crippen molar-refractivity contribution >= 4 is 5.91 Å². The van der Waals surface area contributed by atoms with E-state index in [0.29, 0.717) is 37.5 Å². The van der Waals surface area contributed by atoms with Gasteiger partial charge < -0.3 is 9.64 Å². The molecule has 2 unspecified atom stereocenters. The number of morpholine rings is 1. The van der Waals surface area contributed by atoms with Crippen molar-refractivity contribution in [2.45, 2.75) is 32.4 Å². The van der Waals surface area contributed by atoms with Gasteiger partial charge in [-0.3, -0.25) is 14.7 Å². The van der Waals surface area contributed by atoms with Crippen molar-refractivity contribution in [3.8, 4) is 11.8 Å². The molecule has 2 saturated heterocycles. The quantitative estimate of drug-likeness (QED) is 0.557. The van der Waals surface area contributed by atoms with Crippen LogP contribution in [0.2, 0.25) is 0 Å². The second-order valence-electron chi connectivity index (χ2n) is 8.95. The molecule has 35 heavy (non-hydrogen) atoms. The molecule has 1 aromatic carbocycles. The van der Waals surface area contributed by atoms with E-state index in [1.54, 1.807) is 19.2 Å². The summed E-state index contributed by atoms with van der Waals surface area (Å²) in [7, 11) is 0. The van der Waals surface area contributed by atoms with Crippen LogP contribution in [0.25, 0.3) is 5.69 Å². The highest BCUT2D eigenvalue weighted by Crippen LogP contribution is 2.31. The number of aryl methyl sites for hydroxylation is 1. The highest BCUT2D eigenvalue weighted by atomic mass is 19.1. The van der Waals surface area contributed by atoms with Crippen molar-refractivity contribution in [3.05, 3.63) is 64.5 Å². The summed E-state index contributed by atoms with van der Waals surface area (Å²) < 4.78 is 21.6. The van der Waals surface area contributed by atoms with E-state index < -0.39 is 5.82 Å². The van der Waals surface area contributed by atoms with Crippen molar-refractivity contribution < 1.29 is 13.9 Å². The Morgan fingerprint density at radius 2 is 2.14 bits per heavy atom. The third kappa shape index (κ3) is 4.50. The van der Waals surface area contributed by atoms with Crippen LogP contribution in [0.15, 0.2) is 30.7 Å². The lowest BCUT2D eigenvalue weighted by Gasteiger charge is -2.46. The van der Waals surface area contributed by atoms with Crippen molar-refractivity contribution in [3.63, 3.8) is 0 Å². The molecular weight excluding hydrogens is 451 g/mol. The Balaban J connectivity index is 1.21. The summed E-state index contributed by atoms with van der Waals surface area (Å²) >= 11 is 0. The maximum atomic E-state index is 13.9. The average molecular weight is 477 g/mol. The summed E-state index contributed by atoms with van der Waals surface area (Å²) in [6.07, 6.45) is 3.17. The predicted octanol–water partition coefficient (Wildman–Crippen LogP) is 1.51. The molecule has 11 heteroatoms. The highest BCUT2D eigenvalue weighted by molar-refractivity contribution is 5.78. The molecule has 180 valence electrons. The number of halogens is 1. The second-order valence-corrected chi connectivity index (χ2v) is 8.95. The molecular formula is C24H25FN8O2. The summed E-state index contributed by atoms with van der Waals surface area (Å²) in [6, 6.07) is 6.97. The number of benzene rings is 1. The van der Waals surface area contributed by atoms with Crippen molar-refractivity contribution in [1.29, 1.82) is 5.26 Å². The first-order valence-electron chi connectivity index (χ1n) is 11.5. The Morgan fingerprint density at radius 1 is 1.29 bits per heavy atom. The molecule has 5 rings (SSSR count). The van der Waals surface area contributed by atoms with Gasteiger partial charge in [0.1, 0.15) is 18.2 Å². The van der Waals surface area contributed by atoms with Gasteiger partial charge in [-0.25, -0.2) is 4.39 Å². The van der Waals surface area contributed by atoms with E-state index in [9.17, 15) is 14.4 Å². The van der Waals surface area contributed by atoms with E-state index in [-0.39, 0.29) is 30.0 Å². The number of hydrogen-bond acceptors (Lipinski definition) is 8. The number of piperazine rings is 1. The zero-order valence-corrected chi connectivity index (χ0v) is 19.6. The summed E-state index contributed by atoms with van der Waals surface area (Å²) in [5.74, 6) is -0.480. The van der Waals surface area contributed by atoms with E-state index in [1.165, 1.54) is 17.1 Å². The van der Waals surface area contributed by atoms with Gasteiger partial charge in [0.25, 0.3) is 0 Å². The fraction of sp³-hybridized carbons (Fsp3) is 0.417. The number of fused-ring (bicyclic) bond motifs is 1. The molecule has 2 aromatic heterocycles. The molecule has 0 radical (unpaired) electrons. The van der Waals surface area contributed by atoms with Gasteiger partial charge in [0.15, 0.2) is 0 Å². The van der Waals surface area contributed by atoms with E-state index >= 15 is 0 Å². The summed E-state index contributed by atoms with van der Waals surface area (Å²) in [4.78, 5) is 21.6. The van der Waals surface area contributed by atoms with Crippen LogP contribution >= 0.6 is 0 Å². The van der Waals surface area contributed by atoms with Crippen molar-refractivity contribution in [2.75, 3.05) is 32.8 Å². The normalized spacial score (nSPS) is 20.3. The van der Waals surface area contributed by atoms with Crippen LogP contribution in [-0.4, -0.2) is 79.7 Å². The van der Waals surface area contributed by atoms with Crippen LogP contribution in [0.1, 0.15) is 34.1 Å². The number of carbonyl (C=O) groups is 1. The fourth-order valence-corrected chi connectivity index (χ4v) is 4.86. The lowest BCUT2D eigenvalue weighted by molar-refractivity contribution is -0.139. The SMILES string of the molecule is Cc1cc(CC(=O)N2CCN3CC(c4ccc(F)c(C#N)c4C)OCC3C2)ncc1-n1cnnn1. The first-order valence-corrected chi connectivity index (χ1v) is 11.5. The topological polar surface area (TPSA) is 113 Å². The Labute approximate surface area is 201 Å². The van der Waals surface area contributed by atoms with Gasteiger partial charge in [-0.1, -0.05) is 6.07 Å². The number of nitriles is 1. The standard InChI is InChI=1S/C24H25FN8O2/c1-15-7-17(27-10-22(15)33-14-28-29-30-33)8-24(34)32-6-5-31-12-23(35-13-18(31)11-32)19-3-4-21(25)20(9-26)16(19)2/h3-4,7,10,14,18,23H,5-6,8,11-13H2,1-2H3. The van der Waals surface area contributed by atoms with Gasteiger partial charge in [0.05, 0.1) is 48.3 Å². The van der Waals surface area contributed by atoms with E-state index in [0.717, 1.165) is 23.4 Å². The minimum atomic E-state index is -0.510. The number of rotatable bonds is 4. The maximum Gasteiger partial charge on any atom is 0.228 e. The zero-order chi connectivity index (χ0) is 24.5.